The summed E-state index contributed by atoms with van der Waals surface area (Å²) in [5, 5.41) is 12.5. The summed E-state index contributed by atoms with van der Waals surface area (Å²) in [6.07, 6.45) is 4.65. The maximum absolute atomic E-state index is 13.8. The number of fused-ring (bicyclic) bond motifs is 1. The van der Waals surface area contributed by atoms with E-state index in [2.05, 4.69) is 17.3 Å². The van der Waals surface area contributed by atoms with Crippen LogP contribution in [0.15, 0.2) is 83.9 Å². The second-order valence-corrected chi connectivity index (χ2v) is 8.44. The average Bonchev–Trinajstić information content (AvgIpc) is 3.55. The lowest BCUT2D eigenvalue weighted by molar-refractivity contribution is -0.119. The Morgan fingerprint density at radius 2 is 1.66 bits per heavy atom. The molecule has 1 amide bonds. The van der Waals surface area contributed by atoms with Gasteiger partial charge < -0.3 is 9.88 Å². The Labute approximate surface area is 202 Å². The molecule has 0 bridgehead atoms. The molecule has 176 valence electrons. The van der Waals surface area contributed by atoms with Crippen LogP contribution in [-0.4, -0.2) is 30.0 Å². The first-order chi connectivity index (χ1) is 17.0. The van der Waals surface area contributed by atoms with Gasteiger partial charge in [0.2, 0.25) is 5.91 Å². The van der Waals surface area contributed by atoms with Crippen molar-refractivity contribution in [3.63, 3.8) is 0 Å². The van der Waals surface area contributed by atoms with Gasteiger partial charge in [-0.15, -0.1) is 0 Å². The number of nitrogens with zero attached hydrogens (tertiary/aromatic N) is 5. The Kier molecular flexibility index (Phi) is 5.78. The first-order valence-electron chi connectivity index (χ1n) is 11.6. The normalized spacial score (nSPS) is 12.1. The minimum Gasteiger partial charge on any atom is -0.324 e. The highest BCUT2D eigenvalue weighted by molar-refractivity contribution is 5.94. The Morgan fingerprint density at radius 1 is 0.971 bits per heavy atom. The van der Waals surface area contributed by atoms with Crippen LogP contribution in [0.3, 0.4) is 0 Å². The van der Waals surface area contributed by atoms with E-state index in [4.69, 9.17) is 5.10 Å². The summed E-state index contributed by atoms with van der Waals surface area (Å²) in [6.45, 7) is 5.55. The lowest BCUT2D eigenvalue weighted by Gasteiger charge is -2.15. The molecule has 35 heavy (non-hydrogen) atoms. The molecular formula is C27H26N6O2. The third kappa shape index (κ3) is 4.03. The van der Waals surface area contributed by atoms with E-state index in [1.807, 2.05) is 83.7 Å². The number of amides is 1. The highest BCUT2D eigenvalue weighted by Gasteiger charge is 2.25. The number of aromatic nitrogens is 5. The first kappa shape index (κ1) is 22.3. The van der Waals surface area contributed by atoms with E-state index in [0.717, 1.165) is 12.1 Å². The number of hydrogen-bond donors (Lipinski definition) is 1. The van der Waals surface area contributed by atoms with Gasteiger partial charge in [0.15, 0.2) is 5.82 Å². The van der Waals surface area contributed by atoms with Gasteiger partial charge in [0, 0.05) is 18.1 Å². The molecular weight excluding hydrogens is 440 g/mol. The highest BCUT2D eigenvalue weighted by Crippen LogP contribution is 2.25. The van der Waals surface area contributed by atoms with Crippen molar-refractivity contribution < 1.29 is 4.79 Å². The maximum Gasteiger partial charge on any atom is 0.280 e. The molecule has 3 aromatic heterocycles. The number of carbonyl (C=O) groups is 1. The Bertz CT molecular complexity index is 1550. The lowest BCUT2D eigenvalue weighted by Crippen LogP contribution is -2.34. The van der Waals surface area contributed by atoms with Gasteiger partial charge >= 0.3 is 0 Å². The van der Waals surface area contributed by atoms with Crippen molar-refractivity contribution in [2.24, 2.45) is 0 Å². The smallest absolute Gasteiger partial charge is 0.280 e. The van der Waals surface area contributed by atoms with Gasteiger partial charge in [-0.3, -0.25) is 9.59 Å². The summed E-state index contributed by atoms with van der Waals surface area (Å²) in [6, 6.07) is 20.3. The molecule has 8 nitrogen and oxygen atoms in total. The zero-order valence-electron chi connectivity index (χ0n) is 19.8. The fourth-order valence-electron chi connectivity index (χ4n) is 4.14. The molecule has 0 saturated heterocycles. The van der Waals surface area contributed by atoms with Crippen molar-refractivity contribution in [3.05, 3.63) is 101 Å². The fourth-order valence-corrected chi connectivity index (χ4v) is 4.14. The zero-order valence-corrected chi connectivity index (χ0v) is 19.8. The molecule has 3 heterocycles. The van der Waals surface area contributed by atoms with Gasteiger partial charge in [-0.25, -0.2) is 9.36 Å². The molecule has 1 unspecified atom stereocenters. The Hall–Kier alpha value is -4.46. The second-order valence-electron chi connectivity index (χ2n) is 8.44. The number of hydrogen-bond acceptors (Lipinski definition) is 4. The predicted octanol–water partition coefficient (Wildman–Crippen LogP) is 4.44. The third-order valence-electron chi connectivity index (χ3n) is 6.11. The van der Waals surface area contributed by atoms with Gasteiger partial charge in [-0.05, 0) is 62.2 Å². The average molecular weight is 467 g/mol. The van der Waals surface area contributed by atoms with E-state index in [-0.39, 0.29) is 11.5 Å². The Morgan fingerprint density at radius 3 is 2.31 bits per heavy atom. The molecule has 0 spiro atoms. The van der Waals surface area contributed by atoms with Crippen molar-refractivity contribution in [3.8, 4) is 11.5 Å². The molecule has 2 aromatic carbocycles. The van der Waals surface area contributed by atoms with Gasteiger partial charge in [0.1, 0.15) is 16.9 Å². The van der Waals surface area contributed by atoms with Crippen LogP contribution >= 0.6 is 0 Å². The number of aryl methyl sites for hydroxylation is 2. The highest BCUT2D eigenvalue weighted by atomic mass is 16.2. The van der Waals surface area contributed by atoms with Crippen LogP contribution in [0.5, 0.6) is 0 Å². The SMILES string of the molecule is CCc1ccc(NC(=O)C(C)n2nc(C)c3nn(-c4ccccc4)c(-n4cccc4)c3c2=O)cc1. The quantitative estimate of drug-likeness (QED) is 0.401. The van der Waals surface area contributed by atoms with Crippen LogP contribution in [0.2, 0.25) is 0 Å². The largest absolute Gasteiger partial charge is 0.324 e. The van der Waals surface area contributed by atoms with E-state index in [1.54, 1.807) is 18.5 Å². The van der Waals surface area contributed by atoms with Crippen LogP contribution < -0.4 is 10.9 Å². The molecule has 8 heteroatoms. The molecule has 0 saturated carbocycles. The van der Waals surface area contributed by atoms with Crippen molar-refractivity contribution in [2.45, 2.75) is 33.2 Å². The van der Waals surface area contributed by atoms with Gasteiger partial charge in [-0.1, -0.05) is 37.3 Å². The number of rotatable bonds is 6. The van der Waals surface area contributed by atoms with E-state index in [1.165, 1.54) is 10.2 Å². The lowest BCUT2D eigenvalue weighted by atomic mass is 10.1. The number of carbonyl (C=O) groups excluding carboxylic acids is 1. The van der Waals surface area contributed by atoms with E-state index in [9.17, 15) is 9.59 Å². The van der Waals surface area contributed by atoms with Crippen molar-refractivity contribution in [2.75, 3.05) is 5.32 Å². The molecule has 5 rings (SSSR count). The van der Waals surface area contributed by atoms with Gasteiger partial charge in [0.05, 0.1) is 11.4 Å². The van der Waals surface area contributed by atoms with E-state index >= 15 is 0 Å². The monoisotopic (exact) mass is 466 g/mol. The molecule has 5 aromatic rings. The molecule has 0 radical (unpaired) electrons. The molecule has 0 aliphatic heterocycles. The minimum absolute atomic E-state index is 0.319. The molecule has 0 aliphatic rings. The molecule has 1 atom stereocenters. The Balaban J connectivity index is 1.62. The standard InChI is InChI=1S/C27H26N6O2/c1-4-20-12-14-21(15-13-20)28-25(34)19(3)32-27(35)23-24(18(2)29-32)30-33(22-10-6-5-7-11-22)26(23)31-16-8-9-17-31/h5-17,19H,4H2,1-3H3,(H,28,34). The number of nitrogens with one attached hydrogen (secondary N) is 1. The van der Waals surface area contributed by atoms with Gasteiger partial charge in [-0.2, -0.15) is 10.2 Å². The summed E-state index contributed by atoms with van der Waals surface area (Å²) in [5.41, 5.74) is 3.37. The van der Waals surface area contributed by atoms with Gasteiger partial charge in [0.25, 0.3) is 5.56 Å². The first-order valence-corrected chi connectivity index (χ1v) is 11.6. The summed E-state index contributed by atoms with van der Waals surface area (Å²) < 4.78 is 4.84. The van der Waals surface area contributed by atoms with E-state index in [0.29, 0.717) is 28.1 Å². The summed E-state index contributed by atoms with van der Waals surface area (Å²) in [7, 11) is 0. The van der Waals surface area contributed by atoms with Crippen LogP contribution in [-0.2, 0) is 11.2 Å². The number of para-hydroxylation sites is 1. The molecule has 0 aliphatic carbocycles. The molecule has 1 N–H and O–H groups in total. The molecule has 0 fully saturated rings. The van der Waals surface area contributed by atoms with Crippen LogP contribution in [0.4, 0.5) is 5.69 Å². The van der Waals surface area contributed by atoms with E-state index < -0.39 is 6.04 Å². The third-order valence-corrected chi connectivity index (χ3v) is 6.11. The summed E-state index contributed by atoms with van der Waals surface area (Å²) in [4.78, 5) is 26.8. The maximum atomic E-state index is 13.8. The zero-order chi connectivity index (χ0) is 24.5. The van der Waals surface area contributed by atoms with Crippen LogP contribution in [0.1, 0.15) is 31.1 Å². The number of anilines is 1. The summed E-state index contributed by atoms with van der Waals surface area (Å²) in [5.74, 6) is 0.281. The van der Waals surface area contributed by atoms with Crippen molar-refractivity contribution in [1.29, 1.82) is 0 Å². The van der Waals surface area contributed by atoms with Crippen molar-refractivity contribution >= 4 is 22.5 Å². The number of benzene rings is 2. The topological polar surface area (TPSA) is 86.7 Å². The second kappa shape index (κ2) is 9.06. The summed E-state index contributed by atoms with van der Waals surface area (Å²) >= 11 is 0. The van der Waals surface area contributed by atoms with Crippen LogP contribution in [0.25, 0.3) is 22.4 Å². The van der Waals surface area contributed by atoms with Crippen LogP contribution in [0, 0.1) is 6.92 Å². The fraction of sp³-hybridized carbons (Fsp3) is 0.185. The minimum atomic E-state index is -0.825. The van der Waals surface area contributed by atoms with Crippen molar-refractivity contribution in [1.82, 2.24) is 24.1 Å². The predicted molar refractivity (Wildman–Crippen MR) is 136 cm³/mol.